The van der Waals surface area contributed by atoms with Gasteiger partial charge in [-0.3, -0.25) is 0 Å². The summed E-state index contributed by atoms with van der Waals surface area (Å²) in [4.78, 5) is 1.15. The molecule has 0 aromatic heterocycles. The molecule has 0 spiro atoms. The molecule has 0 saturated carbocycles. The average molecular weight is 242 g/mol. The lowest BCUT2D eigenvalue weighted by atomic mass is 10.1. The van der Waals surface area contributed by atoms with E-state index in [1.165, 1.54) is 12.1 Å². The molecular formula is C12H9F3S. The van der Waals surface area contributed by atoms with E-state index in [1.54, 1.807) is 11.8 Å². The second kappa shape index (κ2) is 4.37. The van der Waals surface area contributed by atoms with E-state index in [2.05, 4.69) is 0 Å². The first kappa shape index (κ1) is 11.3. The molecule has 0 fully saturated rings. The van der Waals surface area contributed by atoms with E-state index in [1.807, 2.05) is 17.6 Å². The molecule has 0 aliphatic carbocycles. The Labute approximate surface area is 95.9 Å². The Bertz CT molecular complexity index is 417. The summed E-state index contributed by atoms with van der Waals surface area (Å²) in [5.41, 5.74) is 0.200. The van der Waals surface area contributed by atoms with Gasteiger partial charge in [0.05, 0.1) is 5.56 Å². The SMILES string of the molecule is FC(F)(F)c1ccc(C=C2CC=CS2)cc1. The van der Waals surface area contributed by atoms with Crippen LogP contribution in [-0.2, 0) is 6.18 Å². The van der Waals surface area contributed by atoms with Gasteiger partial charge in [0.25, 0.3) is 0 Å². The van der Waals surface area contributed by atoms with Gasteiger partial charge in [0.1, 0.15) is 0 Å². The van der Waals surface area contributed by atoms with Crippen molar-refractivity contribution in [2.75, 3.05) is 0 Å². The second-order valence-corrected chi connectivity index (χ2v) is 4.46. The predicted molar refractivity (Wildman–Crippen MR) is 60.8 cm³/mol. The zero-order valence-corrected chi connectivity index (χ0v) is 9.11. The van der Waals surface area contributed by atoms with E-state index in [0.717, 1.165) is 29.0 Å². The Morgan fingerprint density at radius 1 is 1.12 bits per heavy atom. The summed E-state index contributed by atoms with van der Waals surface area (Å²) in [5.74, 6) is 0. The predicted octanol–water partition coefficient (Wildman–Crippen LogP) is 4.70. The summed E-state index contributed by atoms with van der Waals surface area (Å²) in [7, 11) is 0. The minimum absolute atomic E-state index is 0.605. The smallest absolute Gasteiger partial charge is 0.166 e. The molecule has 1 heterocycles. The fourth-order valence-electron chi connectivity index (χ4n) is 1.40. The van der Waals surface area contributed by atoms with Crippen molar-refractivity contribution in [3.63, 3.8) is 0 Å². The zero-order chi connectivity index (χ0) is 11.6. The van der Waals surface area contributed by atoms with Crippen LogP contribution in [0.1, 0.15) is 17.5 Å². The maximum atomic E-state index is 12.3. The number of alkyl halides is 3. The third-order valence-corrected chi connectivity index (χ3v) is 3.12. The summed E-state index contributed by atoms with van der Waals surface area (Å²) >= 11 is 1.61. The monoisotopic (exact) mass is 242 g/mol. The molecular weight excluding hydrogens is 233 g/mol. The third-order valence-electron chi connectivity index (χ3n) is 2.20. The number of allylic oxidation sites excluding steroid dienone is 2. The number of thioether (sulfide) groups is 1. The lowest BCUT2D eigenvalue weighted by Crippen LogP contribution is -2.03. The van der Waals surface area contributed by atoms with Crippen LogP contribution in [0, 0.1) is 0 Å². The van der Waals surface area contributed by atoms with Gasteiger partial charge in [0.2, 0.25) is 0 Å². The van der Waals surface area contributed by atoms with Gasteiger partial charge in [-0.1, -0.05) is 18.2 Å². The van der Waals surface area contributed by atoms with Gasteiger partial charge in [-0.15, -0.1) is 11.8 Å². The molecule has 1 aromatic carbocycles. The van der Waals surface area contributed by atoms with Gasteiger partial charge >= 0.3 is 6.18 Å². The summed E-state index contributed by atoms with van der Waals surface area (Å²) < 4.78 is 36.9. The minimum Gasteiger partial charge on any atom is -0.166 e. The maximum absolute atomic E-state index is 12.3. The Kier molecular flexibility index (Phi) is 3.10. The zero-order valence-electron chi connectivity index (χ0n) is 8.29. The standard InChI is InChI=1S/C12H9F3S/c13-12(14,15)10-5-3-9(4-6-10)8-11-2-1-7-16-11/h1,3-8H,2H2. The van der Waals surface area contributed by atoms with Crippen molar-refractivity contribution in [2.45, 2.75) is 12.6 Å². The van der Waals surface area contributed by atoms with Crippen LogP contribution in [0.5, 0.6) is 0 Å². The fraction of sp³-hybridized carbons (Fsp3) is 0.167. The van der Waals surface area contributed by atoms with Crippen LogP contribution in [0.3, 0.4) is 0 Å². The number of halogens is 3. The van der Waals surface area contributed by atoms with E-state index in [9.17, 15) is 13.2 Å². The van der Waals surface area contributed by atoms with E-state index >= 15 is 0 Å². The first-order valence-electron chi connectivity index (χ1n) is 4.75. The molecule has 0 radical (unpaired) electrons. The van der Waals surface area contributed by atoms with Gasteiger partial charge < -0.3 is 0 Å². The van der Waals surface area contributed by atoms with Crippen LogP contribution in [0.15, 0.2) is 40.7 Å². The van der Waals surface area contributed by atoms with Gasteiger partial charge in [-0.05, 0) is 40.5 Å². The number of benzene rings is 1. The van der Waals surface area contributed by atoms with Crippen molar-refractivity contribution in [2.24, 2.45) is 0 Å². The molecule has 0 N–H and O–H groups in total. The molecule has 4 heteroatoms. The molecule has 0 nitrogen and oxygen atoms in total. The summed E-state index contributed by atoms with van der Waals surface area (Å²) in [5, 5.41) is 1.98. The van der Waals surface area contributed by atoms with Crippen LogP contribution in [-0.4, -0.2) is 0 Å². The van der Waals surface area contributed by atoms with E-state index in [4.69, 9.17) is 0 Å². The van der Waals surface area contributed by atoms with Crippen molar-refractivity contribution >= 4 is 17.8 Å². The van der Waals surface area contributed by atoms with E-state index in [0.29, 0.717) is 0 Å². The van der Waals surface area contributed by atoms with Gasteiger partial charge in [-0.2, -0.15) is 13.2 Å². The largest absolute Gasteiger partial charge is 0.416 e. The van der Waals surface area contributed by atoms with E-state index < -0.39 is 11.7 Å². The number of rotatable bonds is 1. The summed E-state index contributed by atoms with van der Waals surface area (Å²) in [6.45, 7) is 0. The average Bonchev–Trinajstić information content (AvgIpc) is 2.70. The molecule has 2 rings (SSSR count). The van der Waals surface area contributed by atoms with Crippen LogP contribution < -0.4 is 0 Å². The Morgan fingerprint density at radius 3 is 2.31 bits per heavy atom. The van der Waals surface area contributed by atoms with Crippen molar-refractivity contribution in [1.29, 1.82) is 0 Å². The van der Waals surface area contributed by atoms with Crippen LogP contribution in [0.25, 0.3) is 6.08 Å². The van der Waals surface area contributed by atoms with Gasteiger partial charge in [-0.25, -0.2) is 0 Å². The highest BCUT2D eigenvalue weighted by Gasteiger charge is 2.29. The molecule has 0 unspecified atom stereocenters. The van der Waals surface area contributed by atoms with Crippen LogP contribution in [0.4, 0.5) is 13.2 Å². The van der Waals surface area contributed by atoms with Crippen molar-refractivity contribution < 1.29 is 13.2 Å². The first-order valence-corrected chi connectivity index (χ1v) is 5.63. The molecule has 1 aliphatic heterocycles. The van der Waals surface area contributed by atoms with Gasteiger partial charge in [0.15, 0.2) is 0 Å². The highest BCUT2D eigenvalue weighted by molar-refractivity contribution is 8.06. The lowest BCUT2D eigenvalue weighted by molar-refractivity contribution is -0.137. The number of hydrogen-bond acceptors (Lipinski definition) is 1. The maximum Gasteiger partial charge on any atom is 0.416 e. The molecule has 0 saturated heterocycles. The molecule has 0 bridgehead atoms. The molecule has 0 atom stereocenters. The molecule has 84 valence electrons. The number of hydrogen-bond donors (Lipinski definition) is 0. The van der Waals surface area contributed by atoms with Crippen LogP contribution >= 0.6 is 11.8 Å². The Morgan fingerprint density at radius 2 is 1.81 bits per heavy atom. The molecule has 1 aliphatic rings. The summed E-state index contributed by atoms with van der Waals surface area (Å²) in [6, 6.07) is 5.21. The molecule has 0 amide bonds. The molecule has 1 aromatic rings. The molecule has 16 heavy (non-hydrogen) atoms. The van der Waals surface area contributed by atoms with Crippen LogP contribution in [0.2, 0.25) is 0 Å². The Hall–Kier alpha value is -1.16. The normalized spacial score (nSPS) is 18.3. The summed E-state index contributed by atoms with van der Waals surface area (Å²) in [6.07, 6.45) is 0.548. The highest BCUT2D eigenvalue weighted by Crippen LogP contribution is 2.32. The topological polar surface area (TPSA) is 0 Å². The quantitative estimate of drug-likeness (QED) is 0.688. The third kappa shape index (κ3) is 2.70. The highest BCUT2D eigenvalue weighted by atomic mass is 32.2. The van der Waals surface area contributed by atoms with Crippen molar-refractivity contribution in [1.82, 2.24) is 0 Å². The van der Waals surface area contributed by atoms with E-state index in [-0.39, 0.29) is 0 Å². The lowest BCUT2D eigenvalue weighted by Gasteiger charge is -2.06. The Balaban J connectivity index is 2.17. The fourth-order valence-corrected chi connectivity index (χ4v) is 2.16. The minimum atomic E-state index is -4.25. The second-order valence-electron chi connectivity index (χ2n) is 3.42. The van der Waals surface area contributed by atoms with Crippen molar-refractivity contribution in [3.05, 3.63) is 51.8 Å². The van der Waals surface area contributed by atoms with Crippen molar-refractivity contribution in [3.8, 4) is 0 Å². The van der Waals surface area contributed by atoms with Gasteiger partial charge in [0, 0.05) is 0 Å². The first-order chi connectivity index (χ1) is 7.55.